The zero-order valence-electron chi connectivity index (χ0n) is 10.5. The summed E-state index contributed by atoms with van der Waals surface area (Å²) in [5, 5.41) is 12.4. The monoisotopic (exact) mass is 275 g/mol. The molecule has 0 bridgehead atoms. The lowest BCUT2D eigenvalue weighted by Gasteiger charge is -2.06. The predicted octanol–water partition coefficient (Wildman–Crippen LogP) is 3.97. The molecule has 0 aliphatic carbocycles. The van der Waals surface area contributed by atoms with Crippen molar-refractivity contribution < 1.29 is 9.60 Å². The number of oxime groups is 1. The van der Waals surface area contributed by atoms with Gasteiger partial charge in [0.05, 0.1) is 5.71 Å². The Morgan fingerprint density at radius 3 is 2.53 bits per heavy atom. The number of hydrogen-bond donors (Lipinski definition) is 1. The van der Waals surface area contributed by atoms with Crippen molar-refractivity contribution in [3.8, 4) is 0 Å². The van der Waals surface area contributed by atoms with E-state index in [0.29, 0.717) is 17.0 Å². The topological polar surface area (TPSA) is 32.6 Å². The van der Waals surface area contributed by atoms with Gasteiger partial charge in [0.15, 0.2) is 0 Å². The summed E-state index contributed by atoms with van der Waals surface area (Å²) in [5.74, 6) is -0.240. The molecular weight excluding hydrogens is 261 g/mol. The first kappa shape index (κ1) is 13.6. The number of hydrogen-bond acceptors (Lipinski definition) is 3. The van der Waals surface area contributed by atoms with E-state index in [1.54, 1.807) is 6.07 Å². The molecule has 0 radical (unpaired) electrons. The highest BCUT2D eigenvalue weighted by Crippen LogP contribution is 2.20. The van der Waals surface area contributed by atoms with Crippen molar-refractivity contribution in [3.63, 3.8) is 0 Å². The zero-order valence-corrected chi connectivity index (χ0v) is 11.3. The molecular formula is C15H14FNOS. The fourth-order valence-corrected chi connectivity index (χ4v) is 2.30. The van der Waals surface area contributed by atoms with Crippen molar-refractivity contribution in [2.75, 3.05) is 6.26 Å². The third-order valence-corrected chi connectivity index (χ3v) is 3.59. The largest absolute Gasteiger partial charge is 0.411 e. The Morgan fingerprint density at radius 2 is 1.95 bits per heavy atom. The third kappa shape index (κ3) is 3.35. The molecule has 2 aromatic carbocycles. The molecule has 1 N–H and O–H groups in total. The zero-order chi connectivity index (χ0) is 13.7. The van der Waals surface area contributed by atoms with Crippen LogP contribution in [0.3, 0.4) is 0 Å². The van der Waals surface area contributed by atoms with Crippen LogP contribution in [0.15, 0.2) is 58.6 Å². The second-order valence-electron chi connectivity index (χ2n) is 4.06. The van der Waals surface area contributed by atoms with Crippen molar-refractivity contribution in [3.05, 3.63) is 65.5 Å². The molecule has 0 atom stereocenters. The third-order valence-electron chi connectivity index (χ3n) is 2.82. The number of benzene rings is 2. The van der Waals surface area contributed by atoms with Gasteiger partial charge in [-0.3, -0.25) is 0 Å². The van der Waals surface area contributed by atoms with Crippen molar-refractivity contribution in [1.29, 1.82) is 0 Å². The molecule has 0 aliphatic rings. The van der Waals surface area contributed by atoms with Gasteiger partial charge in [0.2, 0.25) is 0 Å². The van der Waals surface area contributed by atoms with Crippen LogP contribution in [0.1, 0.15) is 11.1 Å². The molecule has 0 fully saturated rings. The average Bonchev–Trinajstić information content (AvgIpc) is 2.46. The summed E-state index contributed by atoms with van der Waals surface area (Å²) in [6.07, 6.45) is 2.23. The van der Waals surface area contributed by atoms with Gasteiger partial charge in [-0.2, -0.15) is 0 Å². The summed E-state index contributed by atoms with van der Waals surface area (Å²) >= 11 is 1.37. The van der Waals surface area contributed by atoms with Crippen molar-refractivity contribution in [2.24, 2.45) is 5.16 Å². The molecule has 2 aromatic rings. The van der Waals surface area contributed by atoms with E-state index in [1.807, 2.05) is 42.7 Å². The number of nitrogens with zero attached hydrogens (tertiary/aromatic N) is 1. The van der Waals surface area contributed by atoms with Crippen LogP contribution in [0.2, 0.25) is 0 Å². The molecule has 0 saturated heterocycles. The van der Waals surface area contributed by atoms with Crippen LogP contribution in [-0.4, -0.2) is 17.2 Å². The van der Waals surface area contributed by atoms with Crippen LogP contribution < -0.4 is 0 Å². The summed E-state index contributed by atoms with van der Waals surface area (Å²) in [7, 11) is 0. The quantitative estimate of drug-likeness (QED) is 0.396. The predicted molar refractivity (Wildman–Crippen MR) is 76.7 cm³/mol. The van der Waals surface area contributed by atoms with Gasteiger partial charge in [-0.05, 0) is 29.5 Å². The van der Waals surface area contributed by atoms with Crippen LogP contribution in [0.25, 0.3) is 0 Å². The van der Waals surface area contributed by atoms with E-state index in [1.165, 1.54) is 17.8 Å². The van der Waals surface area contributed by atoms with E-state index in [2.05, 4.69) is 5.16 Å². The second-order valence-corrected chi connectivity index (χ2v) is 4.91. The summed E-state index contributed by atoms with van der Waals surface area (Å²) in [4.78, 5) is 0.617. The molecule has 0 amide bonds. The lowest BCUT2D eigenvalue weighted by molar-refractivity contribution is 0.318. The molecule has 0 aliphatic heterocycles. The molecule has 0 unspecified atom stereocenters. The molecule has 0 spiro atoms. The van der Waals surface area contributed by atoms with Crippen molar-refractivity contribution in [2.45, 2.75) is 11.3 Å². The van der Waals surface area contributed by atoms with Crippen molar-refractivity contribution >= 4 is 17.5 Å². The van der Waals surface area contributed by atoms with E-state index in [0.717, 1.165) is 11.1 Å². The fourth-order valence-electron chi connectivity index (χ4n) is 1.84. The molecule has 4 heteroatoms. The standard InChI is InChI=1S/C15H14FNOS/c1-19-15-8-7-11(9-13(15)16)10-14(17-18)12-5-3-2-4-6-12/h2-9,18H,10H2,1H3. The number of thioether (sulfide) groups is 1. The number of halogens is 1. The lowest BCUT2D eigenvalue weighted by atomic mass is 10.0. The Morgan fingerprint density at radius 1 is 1.21 bits per heavy atom. The molecule has 0 saturated carbocycles. The second kappa shape index (κ2) is 6.38. The van der Waals surface area contributed by atoms with Gasteiger partial charge in [-0.1, -0.05) is 41.6 Å². The Bertz CT molecular complexity index is 584. The Kier molecular flexibility index (Phi) is 4.58. The van der Waals surface area contributed by atoms with E-state index >= 15 is 0 Å². The van der Waals surface area contributed by atoms with Gasteiger partial charge in [-0.25, -0.2) is 4.39 Å². The molecule has 2 nitrogen and oxygen atoms in total. The van der Waals surface area contributed by atoms with Gasteiger partial charge < -0.3 is 5.21 Å². The Labute approximate surface area is 116 Å². The molecule has 0 heterocycles. The van der Waals surface area contributed by atoms with Gasteiger partial charge in [0, 0.05) is 11.3 Å². The van der Waals surface area contributed by atoms with Gasteiger partial charge in [-0.15, -0.1) is 11.8 Å². The first-order valence-corrected chi connectivity index (χ1v) is 7.06. The highest BCUT2D eigenvalue weighted by molar-refractivity contribution is 7.98. The smallest absolute Gasteiger partial charge is 0.137 e. The molecule has 0 aromatic heterocycles. The van der Waals surface area contributed by atoms with Gasteiger partial charge in [0.25, 0.3) is 0 Å². The first-order chi connectivity index (χ1) is 9.24. The summed E-state index contributed by atoms with van der Waals surface area (Å²) < 4.78 is 13.7. The van der Waals surface area contributed by atoms with E-state index in [-0.39, 0.29) is 5.82 Å². The summed E-state index contributed by atoms with van der Waals surface area (Å²) in [6.45, 7) is 0. The maximum atomic E-state index is 13.7. The minimum Gasteiger partial charge on any atom is -0.411 e. The van der Waals surface area contributed by atoms with E-state index in [4.69, 9.17) is 5.21 Å². The van der Waals surface area contributed by atoms with Crippen molar-refractivity contribution in [1.82, 2.24) is 0 Å². The maximum Gasteiger partial charge on any atom is 0.137 e. The van der Waals surface area contributed by atoms with E-state index < -0.39 is 0 Å². The molecule has 2 rings (SSSR count). The van der Waals surface area contributed by atoms with E-state index in [9.17, 15) is 4.39 Å². The molecule has 98 valence electrons. The Hall–Kier alpha value is -1.81. The summed E-state index contributed by atoms with van der Waals surface area (Å²) in [6, 6.07) is 14.4. The number of rotatable bonds is 4. The van der Waals surface area contributed by atoms with Crippen LogP contribution in [0.5, 0.6) is 0 Å². The summed E-state index contributed by atoms with van der Waals surface area (Å²) in [5.41, 5.74) is 2.14. The van der Waals surface area contributed by atoms with Crippen LogP contribution in [-0.2, 0) is 6.42 Å². The SMILES string of the molecule is CSc1ccc(CC(=NO)c2ccccc2)cc1F. The van der Waals surface area contributed by atoms with Crippen LogP contribution >= 0.6 is 11.8 Å². The van der Waals surface area contributed by atoms with Gasteiger partial charge >= 0.3 is 0 Å². The minimum absolute atomic E-state index is 0.240. The fraction of sp³-hybridized carbons (Fsp3) is 0.133. The lowest BCUT2D eigenvalue weighted by Crippen LogP contribution is -2.05. The normalized spacial score (nSPS) is 11.6. The van der Waals surface area contributed by atoms with Crippen LogP contribution in [0.4, 0.5) is 4.39 Å². The molecule has 19 heavy (non-hydrogen) atoms. The maximum absolute atomic E-state index is 13.7. The average molecular weight is 275 g/mol. The van der Waals surface area contributed by atoms with Crippen LogP contribution in [0, 0.1) is 5.82 Å². The minimum atomic E-state index is -0.240. The highest BCUT2D eigenvalue weighted by Gasteiger charge is 2.08. The Balaban J connectivity index is 2.23. The first-order valence-electron chi connectivity index (χ1n) is 5.83. The van der Waals surface area contributed by atoms with Gasteiger partial charge in [0.1, 0.15) is 5.82 Å². The highest BCUT2D eigenvalue weighted by atomic mass is 32.2.